The number of aryl methyl sites for hydroxylation is 1. The largest absolute Gasteiger partial charge is 0.485 e. The zero-order chi connectivity index (χ0) is 26.8. The number of alkyl halides is 5. The quantitative estimate of drug-likeness (QED) is 0.342. The van der Waals surface area contributed by atoms with Crippen molar-refractivity contribution < 1.29 is 49.7 Å². The molecule has 1 aliphatic rings. The molecule has 3 rings (SSSR count). The molecule has 11 nitrogen and oxygen atoms in total. The molecule has 2 aromatic rings. The molecule has 17 heteroatoms. The number of carbonyl (C=O) groups is 1. The molecule has 0 aliphatic carbocycles. The van der Waals surface area contributed by atoms with E-state index in [1.807, 2.05) is 0 Å². The highest BCUT2D eigenvalue weighted by Gasteiger charge is 2.37. The number of benzene rings is 1. The summed E-state index contributed by atoms with van der Waals surface area (Å²) in [5, 5.41) is 17.7. The van der Waals surface area contributed by atoms with E-state index in [0.717, 1.165) is 10.4 Å². The van der Waals surface area contributed by atoms with Gasteiger partial charge in [-0.15, -0.1) is 0 Å². The van der Waals surface area contributed by atoms with Gasteiger partial charge in [-0.3, -0.25) is 14.9 Å². The molecule has 200 valence electrons. The molecule has 0 bridgehead atoms. The van der Waals surface area contributed by atoms with Crippen molar-refractivity contribution in [3.63, 3.8) is 0 Å². The Labute approximate surface area is 201 Å². The van der Waals surface area contributed by atoms with Gasteiger partial charge in [0.2, 0.25) is 0 Å². The van der Waals surface area contributed by atoms with Gasteiger partial charge in [0.05, 0.1) is 24.1 Å². The van der Waals surface area contributed by atoms with Crippen LogP contribution in [-0.2, 0) is 14.8 Å². The number of hydrogen-bond donors (Lipinski definition) is 3. The van der Waals surface area contributed by atoms with E-state index in [1.54, 1.807) is 0 Å². The Morgan fingerprint density at radius 2 is 2.06 bits per heavy atom. The Morgan fingerprint density at radius 1 is 1.36 bits per heavy atom. The number of fused-ring (bicyclic) bond motifs is 1. The number of aromatic nitrogens is 2. The molecule has 3 N–H and O–H groups in total. The number of aliphatic hydroxyl groups excluding tert-OH is 1. The monoisotopic (exact) mass is 543 g/mol. The van der Waals surface area contributed by atoms with E-state index in [-0.39, 0.29) is 40.6 Å². The van der Waals surface area contributed by atoms with Crippen LogP contribution in [0.2, 0.25) is 0 Å². The minimum absolute atomic E-state index is 0.00216. The molecule has 36 heavy (non-hydrogen) atoms. The first kappa shape index (κ1) is 27.4. The fraction of sp³-hybridized carbons (Fsp3) is 0.474. The van der Waals surface area contributed by atoms with E-state index in [2.05, 4.69) is 20.5 Å². The Balaban J connectivity index is 1.97. The van der Waals surface area contributed by atoms with Crippen LogP contribution in [0.1, 0.15) is 19.2 Å². The number of nitrogens with one attached hydrogen (secondary N) is 2. The summed E-state index contributed by atoms with van der Waals surface area (Å²) in [5.41, 5.74) is -0.446. The van der Waals surface area contributed by atoms with Gasteiger partial charge in [-0.05, 0) is 32.0 Å². The molecular formula is C19H22F5N5O6S. The van der Waals surface area contributed by atoms with Gasteiger partial charge in [0.15, 0.2) is 6.61 Å². The summed E-state index contributed by atoms with van der Waals surface area (Å²) < 4.78 is 101. The lowest BCUT2D eigenvalue weighted by molar-refractivity contribution is -0.159. The summed E-state index contributed by atoms with van der Waals surface area (Å²) in [6.45, 7) is -2.60. The Hall–Kier alpha value is -3.18. The number of ether oxygens (including phenoxy) is 2. The lowest BCUT2D eigenvalue weighted by Gasteiger charge is -2.36. The molecule has 1 unspecified atom stereocenters. The van der Waals surface area contributed by atoms with Crippen LogP contribution in [0.5, 0.6) is 5.75 Å². The molecule has 0 saturated heterocycles. The third-order valence-corrected chi connectivity index (χ3v) is 6.67. The predicted molar refractivity (Wildman–Crippen MR) is 114 cm³/mol. The fourth-order valence-electron chi connectivity index (χ4n) is 3.26. The van der Waals surface area contributed by atoms with Crippen LogP contribution in [0.15, 0.2) is 29.3 Å². The van der Waals surface area contributed by atoms with Crippen molar-refractivity contribution in [2.75, 3.05) is 29.3 Å². The summed E-state index contributed by atoms with van der Waals surface area (Å²) in [7, 11) is -4.51. The number of amides is 1. The summed E-state index contributed by atoms with van der Waals surface area (Å²) in [6.07, 6.45) is -7.29. The molecule has 0 radical (unpaired) electrons. The van der Waals surface area contributed by atoms with Crippen LogP contribution >= 0.6 is 0 Å². The lowest BCUT2D eigenvalue weighted by Crippen LogP contribution is -2.48. The number of halogens is 5. The highest BCUT2D eigenvalue weighted by atomic mass is 32.2. The summed E-state index contributed by atoms with van der Waals surface area (Å²) in [6, 6.07) is 3.62. The molecule has 1 aromatic carbocycles. The third kappa shape index (κ3) is 6.52. The van der Waals surface area contributed by atoms with Crippen LogP contribution in [0.25, 0.3) is 0 Å². The van der Waals surface area contributed by atoms with Gasteiger partial charge in [-0.1, -0.05) is 0 Å². The zero-order valence-electron chi connectivity index (χ0n) is 18.8. The Bertz CT molecular complexity index is 1200. The van der Waals surface area contributed by atoms with Gasteiger partial charge in [0.1, 0.15) is 23.0 Å². The predicted octanol–water partition coefficient (Wildman–Crippen LogP) is 2.58. The number of sulfonamides is 1. The van der Waals surface area contributed by atoms with Crippen LogP contribution in [0.3, 0.4) is 0 Å². The molecule has 1 aromatic heterocycles. The Morgan fingerprint density at radius 3 is 2.64 bits per heavy atom. The normalized spacial score (nSPS) is 16.9. The van der Waals surface area contributed by atoms with E-state index in [9.17, 15) is 40.3 Å². The average Bonchev–Trinajstić information content (AvgIpc) is 3.18. The number of nitrogens with zero attached hydrogens (tertiary/aromatic N) is 3. The highest BCUT2D eigenvalue weighted by molar-refractivity contribution is 7.92. The van der Waals surface area contributed by atoms with E-state index in [4.69, 9.17) is 4.74 Å². The molecule has 1 amide bonds. The maximum atomic E-state index is 13.5. The maximum absolute atomic E-state index is 13.5. The standard InChI is InChI=1S/C19H22F5N5O6S/c1-10-16(8-28(27-10)17(20)21)36(32,33)29-7-13(6-25-11(2)30)35-15-4-3-12(5-14(15)29)26-18(31)34-9-19(22,23)24/h3-5,8,11,13,17,25,30H,6-7,9H2,1-2H3,(H,26,31)/t11?,13-/m0/s1. The molecule has 0 fully saturated rings. The summed E-state index contributed by atoms with van der Waals surface area (Å²) in [5.74, 6) is 0.00957. The van der Waals surface area contributed by atoms with E-state index in [0.29, 0.717) is 6.20 Å². The van der Waals surface area contributed by atoms with Gasteiger partial charge < -0.3 is 14.6 Å². The number of rotatable bonds is 8. The van der Waals surface area contributed by atoms with Gasteiger partial charge in [-0.25, -0.2) is 17.9 Å². The summed E-state index contributed by atoms with van der Waals surface area (Å²) >= 11 is 0. The van der Waals surface area contributed by atoms with Gasteiger partial charge in [-0.2, -0.15) is 27.1 Å². The number of carbonyl (C=O) groups excluding carboxylic acids is 1. The van der Waals surface area contributed by atoms with Crippen molar-refractivity contribution in [2.45, 2.75) is 43.8 Å². The van der Waals surface area contributed by atoms with Crippen LogP contribution in [-0.4, -0.2) is 67.6 Å². The second-order valence-corrected chi connectivity index (χ2v) is 9.53. The summed E-state index contributed by atoms with van der Waals surface area (Å²) in [4.78, 5) is 11.2. The number of hydrogen-bond acceptors (Lipinski definition) is 8. The van der Waals surface area contributed by atoms with Gasteiger partial charge in [0, 0.05) is 12.2 Å². The Kier molecular flexibility index (Phi) is 7.94. The topological polar surface area (TPSA) is 135 Å². The average molecular weight is 543 g/mol. The van der Waals surface area contributed by atoms with Crippen molar-refractivity contribution in [3.05, 3.63) is 30.1 Å². The van der Waals surface area contributed by atoms with Crippen molar-refractivity contribution in [1.29, 1.82) is 0 Å². The van der Waals surface area contributed by atoms with Crippen molar-refractivity contribution in [2.24, 2.45) is 0 Å². The van der Waals surface area contributed by atoms with Gasteiger partial charge >= 0.3 is 18.8 Å². The molecule has 0 saturated carbocycles. The van der Waals surface area contributed by atoms with Crippen LogP contribution in [0.4, 0.5) is 38.1 Å². The zero-order valence-corrected chi connectivity index (χ0v) is 19.6. The van der Waals surface area contributed by atoms with Gasteiger partial charge in [0.25, 0.3) is 10.0 Å². The van der Waals surface area contributed by atoms with E-state index >= 15 is 0 Å². The van der Waals surface area contributed by atoms with Crippen molar-refractivity contribution in [3.8, 4) is 5.75 Å². The maximum Gasteiger partial charge on any atom is 0.422 e. The fourth-order valence-corrected chi connectivity index (χ4v) is 4.92. The number of anilines is 2. The van der Waals surface area contributed by atoms with Crippen molar-refractivity contribution >= 4 is 27.5 Å². The smallest absolute Gasteiger partial charge is 0.422 e. The van der Waals surface area contributed by atoms with Crippen molar-refractivity contribution in [1.82, 2.24) is 15.1 Å². The molecular weight excluding hydrogens is 521 g/mol. The van der Waals surface area contributed by atoms with E-state index < -0.39 is 52.7 Å². The first-order chi connectivity index (χ1) is 16.7. The minimum Gasteiger partial charge on any atom is -0.485 e. The minimum atomic E-state index is -4.75. The van der Waals surface area contributed by atoms with E-state index in [1.165, 1.54) is 26.0 Å². The highest BCUT2D eigenvalue weighted by Crippen LogP contribution is 2.39. The molecule has 0 spiro atoms. The van der Waals surface area contributed by atoms with Crippen LogP contribution in [0, 0.1) is 6.92 Å². The SMILES string of the molecule is Cc1nn(C(F)F)cc1S(=O)(=O)N1C[C@H](CNC(C)O)Oc2ccc(NC(=O)OCC(F)(F)F)cc21. The van der Waals surface area contributed by atoms with Crippen LogP contribution < -0.4 is 19.7 Å². The first-order valence-corrected chi connectivity index (χ1v) is 11.7. The number of aliphatic hydroxyl groups is 1. The second kappa shape index (κ2) is 10.4. The third-order valence-electron chi connectivity index (χ3n) is 4.78. The molecule has 2 atom stereocenters. The second-order valence-electron chi connectivity index (χ2n) is 7.70. The first-order valence-electron chi connectivity index (χ1n) is 10.3. The lowest BCUT2D eigenvalue weighted by atomic mass is 10.2. The molecule has 2 heterocycles. The molecule has 1 aliphatic heterocycles.